The van der Waals surface area contributed by atoms with E-state index in [1.807, 2.05) is 7.05 Å². The molecule has 0 saturated heterocycles. The normalized spacial score (nSPS) is 14.1. The van der Waals surface area contributed by atoms with Gasteiger partial charge in [0.05, 0.1) is 13.2 Å². The highest BCUT2D eigenvalue weighted by Crippen LogP contribution is 2.21. The van der Waals surface area contributed by atoms with E-state index in [9.17, 15) is 0 Å². The quantitative estimate of drug-likeness (QED) is 0.743. The van der Waals surface area contributed by atoms with Gasteiger partial charge >= 0.3 is 0 Å². The average molecular weight is 219 g/mol. The lowest BCUT2D eigenvalue weighted by Crippen LogP contribution is -2.07. The van der Waals surface area contributed by atoms with E-state index in [0.717, 1.165) is 19.8 Å². The van der Waals surface area contributed by atoms with Crippen molar-refractivity contribution in [3.63, 3.8) is 0 Å². The van der Waals surface area contributed by atoms with Gasteiger partial charge in [-0.2, -0.15) is 0 Å². The Labute approximate surface area is 98.0 Å². The number of fused-ring (bicyclic) bond motifs is 1. The molecular weight excluding hydrogens is 198 g/mol. The molecule has 1 heterocycles. The van der Waals surface area contributed by atoms with E-state index in [1.54, 1.807) is 0 Å². The van der Waals surface area contributed by atoms with Crippen molar-refractivity contribution in [3.05, 3.63) is 34.9 Å². The van der Waals surface area contributed by atoms with Crippen molar-refractivity contribution in [2.45, 2.75) is 38.9 Å². The number of aryl methyl sites for hydroxylation is 1. The van der Waals surface area contributed by atoms with Crippen LogP contribution < -0.4 is 5.32 Å². The van der Waals surface area contributed by atoms with Crippen LogP contribution in [0.1, 0.15) is 36.0 Å². The Hall–Kier alpha value is -0.860. The maximum absolute atomic E-state index is 5.42. The summed E-state index contributed by atoms with van der Waals surface area (Å²) in [4.78, 5) is 0. The molecule has 1 aromatic rings. The number of hydrogen-bond acceptors (Lipinski definition) is 2. The topological polar surface area (TPSA) is 21.3 Å². The molecule has 0 bridgehead atoms. The first kappa shape index (κ1) is 11.6. The summed E-state index contributed by atoms with van der Waals surface area (Å²) in [6.07, 6.45) is 5.09. The van der Waals surface area contributed by atoms with E-state index in [1.165, 1.54) is 42.4 Å². The Kier molecular flexibility index (Phi) is 4.37. The minimum Gasteiger partial charge on any atom is -0.372 e. The summed E-state index contributed by atoms with van der Waals surface area (Å²) in [6.45, 7) is 2.75. The maximum Gasteiger partial charge on any atom is 0.0725 e. The number of hydrogen-bond donors (Lipinski definition) is 1. The van der Waals surface area contributed by atoms with Gasteiger partial charge in [0.1, 0.15) is 0 Å². The van der Waals surface area contributed by atoms with E-state index in [-0.39, 0.29) is 0 Å². The first-order valence-electron chi connectivity index (χ1n) is 6.23. The minimum atomic E-state index is 0.803. The molecule has 0 aliphatic carbocycles. The van der Waals surface area contributed by atoms with Crippen molar-refractivity contribution >= 4 is 0 Å². The molecule has 1 aromatic carbocycles. The van der Waals surface area contributed by atoms with Crippen LogP contribution in [0.25, 0.3) is 0 Å². The molecule has 2 nitrogen and oxygen atoms in total. The highest BCUT2D eigenvalue weighted by Gasteiger charge is 2.10. The van der Waals surface area contributed by atoms with E-state index in [4.69, 9.17) is 4.74 Å². The lowest BCUT2D eigenvalue weighted by molar-refractivity contribution is 0.134. The van der Waals surface area contributed by atoms with Gasteiger partial charge in [0.25, 0.3) is 0 Å². The molecular formula is C14H21NO. The fourth-order valence-corrected chi connectivity index (χ4v) is 2.19. The third-order valence-corrected chi connectivity index (χ3v) is 3.18. The summed E-state index contributed by atoms with van der Waals surface area (Å²) in [5.74, 6) is 0. The molecule has 16 heavy (non-hydrogen) atoms. The first-order chi connectivity index (χ1) is 7.90. The molecule has 1 aliphatic heterocycles. The molecule has 0 saturated carbocycles. The number of unbranched alkanes of at least 4 members (excludes halogenated alkanes) is 2. The Balaban J connectivity index is 1.77. The van der Waals surface area contributed by atoms with Crippen LogP contribution in [-0.4, -0.2) is 13.6 Å². The van der Waals surface area contributed by atoms with Gasteiger partial charge in [-0.05, 0) is 49.5 Å². The second-order valence-electron chi connectivity index (χ2n) is 4.51. The van der Waals surface area contributed by atoms with Gasteiger partial charge in [0, 0.05) is 0 Å². The molecule has 1 N–H and O–H groups in total. The zero-order chi connectivity index (χ0) is 11.2. The zero-order valence-electron chi connectivity index (χ0n) is 10.1. The van der Waals surface area contributed by atoms with E-state index < -0.39 is 0 Å². The van der Waals surface area contributed by atoms with Crippen LogP contribution in [-0.2, 0) is 24.4 Å². The standard InChI is InChI=1S/C14H21NO/c1-15-8-4-2-3-5-12-6-7-13-10-16-11-14(13)9-12/h6-7,9,15H,2-5,8,10-11H2,1H3. The van der Waals surface area contributed by atoms with Crippen LogP contribution in [0.15, 0.2) is 18.2 Å². The van der Waals surface area contributed by atoms with E-state index in [0.29, 0.717) is 0 Å². The number of ether oxygens (including phenoxy) is 1. The molecule has 0 aromatic heterocycles. The Bertz CT molecular complexity index is 336. The molecule has 1 aliphatic rings. The molecule has 0 radical (unpaired) electrons. The molecule has 0 unspecified atom stereocenters. The molecule has 0 fully saturated rings. The van der Waals surface area contributed by atoms with Crippen LogP contribution in [0.2, 0.25) is 0 Å². The molecule has 0 spiro atoms. The predicted molar refractivity (Wildman–Crippen MR) is 66.4 cm³/mol. The third kappa shape index (κ3) is 3.06. The van der Waals surface area contributed by atoms with Crippen LogP contribution in [0.4, 0.5) is 0 Å². The summed E-state index contributed by atoms with van der Waals surface area (Å²) in [6, 6.07) is 6.80. The van der Waals surface area contributed by atoms with Crippen molar-refractivity contribution in [2.75, 3.05) is 13.6 Å². The summed E-state index contributed by atoms with van der Waals surface area (Å²) in [5, 5.41) is 3.18. The van der Waals surface area contributed by atoms with E-state index in [2.05, 4.69) is 23.5 Å². The SMILES string of the molecule is CNCCCCCc1ccc2c(c1)COC2. The van der Waals surface area contributed by atoms with Crippen LogP contribution >= 0.6 is 0 Å². The predicted octanol–water partition coefficient (Wildman–Crippen LogP) is 2.65. The maximum atomic E-state index is 5.42. The summed E-state index contributed by atoms with van der Waals surface area (Å²) < 4.78 is 5.42. The monoisotopic (exact) mass is 219 g/mol. The fraction of sp³-hybridized carbons (Fsp3) is 0.571. The van der Waals surface area contributed by atoms with Crippen LogP contribution in [0.5, 0.6) is 0 Å². The summed E-state index contributed by atoms with van der Waals surface area (Å²) in [5.41, 5.74) is 4.24. The average Bonchev–Trinajstić information content (AvgIpc) is 2.76. The molecule has 0 amide bonds. The van der Waals surface area contributed by atoms with Crippen molar-refractivity contribution in [1.29, 1.82) is 0 Å². The Morgan fingerprint density at radius 3 is 2.88 bits per heavy atom. The van der Waals surface area contributed by atoms with Gasteiger partial charge in [-0.25, -0.2) is 0 Å². The number of nitrogens with one attached hydrogen (secondary N) is 1. The molecule has 0 atom stereocenters. The van der Waals surface area contributed by atoms with Crippen molar-refractivity contribution in [2.24, 2.45) is 0 Å². The Morgan fingerprint density at radius 2 is 2.00 bits per heavy atom. The second-order valence-corrected chi connectivity index (χ2v) is 4.51. The summed E-state index contributed by atoms with van der Waals surface area (Å²) >= 11 is 0. The lowest BCUT2D eigenvalue weighted by Gasteiger charge is -2.04. The van der Waals surface area contributed by atoms with Crippen molar-refractivity contribution in [3.8, 4) is 0 Å². The molecule has 88 valence electrons. The highest BCUT2D eigenvalue weighted by atomic mass is 16.5. The van der Waals surface area contributed by atoms with Gasteiger partial charge in [0.2, 0.25) is 0 Å². The number of rotatable bonds is 6. The minimum absolute atomic E-state index is 0.803. The lowest BCUT2D eigenvalue weighted by atomic mass is 10.0. The largest absolute Gasteiger partial charge is 0.372 e. The van der Waals surface area contributed by atoms with Crippen LogP contribution in [0.3, 0.4) is 0 Å². The smallest absolute Gasteiger partial charge is 0.0725 e. The van der Waals surface area contributed by atoms with Gasteiger partial charge in [-0.1, -0.05) is 24.6 Å². The Morgan fingerprint density at radius 1 is 1.12 bits per heavy atom. The first-order valence-corrected chi connectivity index (χ1v) is 6.23. The fourth-order valence-electron chi connectivity index (χ4n) is 2.19. The van der Waals surface area contributed by atoms with Gasteiger partial charge in [-0.3, -0.25) is 0 Å². The highest BCUT2D eigenvalue weighted by molar-refractivity contribution is 5.33. The van der Waals surface area contributed by atoms with Crippen molar-refractivity contribution in [1.82, 2.24) is 5.32 Å². The second kappa shape index (κ2) is 6.02. The van der Waals surface area contributed by atoms with Crippen LogP contribution in [0, 0.1) is 0 Å². The summed E-state index contributed by atoms with van der Waals surface area (Å²) in [7, 11) is 2.01. The van der Waals surface area contributed by atoms with E-state index >= 15 is 0 Å². The van der Waals surface area contributed by atoms with Gasteiger partial charge in [0.15, 0.2) is 0 Å². The number of benzene rings is 1. The molecule has 2 heteroatoms. The van der Waals surface area contributed by atoms with Gasteiger partial charge < -0.3 is 10.1 Å². The molecule has 2 rings (SSSR count). The van der Waals surface area contributed by atoms with Gasteiger partial charge in [-0.15, -0.1) is 0 Å². The van der Waals surface area contributed by atoms with Crippen molar-refractivity contribution < 1.29 is 4.74 Å². The third-order valence-electron chi connectivity index (χ3n) is 3.18. The zero-order valence-corrected chi connectivity index (χ0v) is 10.1.